The molecule has 1 aromatic heterocycles. The van der Waals surface area contributed by atoms with Crippen molar-refractivity contribution in [1.82, 2.24) is 4.98 Å². The molecule has 1 aliphatic heterocycles. The molecule has 1 N–H and O–H groups in total. The van der Waals surface area contributed by atoms with Gasteiger partial charge in [-0.3, -0.25) is 0 Å². The monoisotopic (exact) mass is 198 g/mol. The van der Waals surface area contributed by atoms with Crippen molar-refractivity contribution in [2.45, 2.75) is 6.29 Å². The molecular formula is C8H4F2N2O2. The molecule has 72 valence electrons. The second kappa shape index (κ2) is 2.73. The zero-order valence-electron chi connectivity index (χ0n) is 6.75. The van der Waals surface area contributed by atoms with Crippen molar-refractivity contribution in [3.8, 4) is 6.07 Å². The number of alkyl halides is 2. The van der Waals surface area contributed by atoms with E-state index in [-0.39, 0.29) is 16.9 Å². The number of nitrogens with one attached hydrogen (secondary N) is 1. The predicted octanol–water partition coefficient (Wildman–Crippen LogP) is 1.78. The van der Waals surface area contributed by atoms with Gasteiger partial charge >= 0.3 is 6.29 Å². The van der Waals surface area contributed by atoms with E-state index < -0.39 is 6.29 Å². The lowest BCUT2D eigenvalue weighted by atomic mass is 10.2. The van der Waals surface area contributed by atoms with E-state index in [9.17, 15) is 8.78 Å². The van der Waals surface area contributed by atoms with Crippen LogP contribution in [0.5, 0.6) is 0 Å². The standard InChI is InChI=1S/C8H4F2N2O2/c9-8(10)13-4-7(14-8)6-3-12-2-5(6)1-11/h2-4,12H. The minimum atomic E-state index is -3.64. The summed E-state index contributed by atoms with van der Waals surface area (Å²) in [5.41, 5.74) is 0.474. The molecule has 0 atom stereocenters. The number of nitriles is 1. The van der Waals surface area contributed by atoms with Crippen LogP contribution in [0, 0.1) is 11.3 Å². The van der Waals surface area contributed by atoms with E-state index in [2.05, 4.69) is 14.5 Å². The Morgan fingerprint density at radius 2 is 2.21 bits per heavy atom. The van der Waals surface area contributed by atoms with E-state index >= 15 is 0 Å². The zero-order valence-corrected chi connectivity index (χ0v) is 6.75. The maximum atomic E-state index is 12.4. The molecular weight excluding hydrogens is 194 g/mol. The summed E-state index contributed by atoms with van der Waals surface area (Å²) in [4.78, 5) is 2.61. The maximum absolute atomic E-state index is 12.4. The fourth-order valence-electron chi connectivity index (χ4n) is 1.08. The average molecular weight is 198 g/mol. The van der Waals surface area contributed by atoms with Crippen LogP contribution >= 0.6 is 0 Å². The van der Waals surface area contributed by atoms with Crippen molar-refractivity contribution < 1.29 is 18.3 Å². The van der Waals surface area contributed by atoms with Crippen LogP contribution in [0.3, 0.4) is 0 Å². The molecule has 14 heavy (non-hydrogen) atoms. The van der Waals surface area contributed by atoms with Crippen LogP contribution in [0.2, 0.25) is 0 Å². The Morgan fingerprint density at radius 1 is 1.43 bits per heavy atom. The molecule has 0 amide bonds. The number of hydrogen-bond donors (Lipinski definition) is 1. The van der Waals surface area contributed by atoms with Gasteiger partial charge in [-0.05, 0) is 0 Å². The third-order valence-corrected chi connectivity index (χ3v) is 1.66. The third-order valence-electron chi connectivity index (χ3n) is 1.66. The molecule has 4 nitrogen and oxygen atoms in total. The van der Waals surface area contributed by atoms with Gasteiger partial charge in [0.05, 0.1) is 11.1 Å². The Bertz CT molecular complexity index is 431. The van der Waals surface area contributed by atoms with Gasteiger partial charge in [-0.25, -0.2) is 0 Å². The molecule has 0 saturated heterocycles. The van der Waals surface area contributed by atoms with Crippen molar-refractivity contribution in [1.29, 1.82) is 5.26 Å². The summed E-state index contributed by atoms with van der Waals surface area (Å²) in [6.07, 6.45) is -0.0888. The van der Waals surface area contributed by atoms with Crippen LogP contribution < -0.4 is 0 Å². The molecule has 0 radical (unpaired) electrons. The molecule has 2 heterocycles. The van der Waals surface area contributed by atoms with Crippen LogP contribution in [0.1, 0.15) is 11.1 Å². The van der Waals surface area contributed by atoms with Crippen molar-refractivity contribution in [3.05, 3.63) is 29.8 Å². The highest BCUT2D eigenvalue weighted by atomic mass is 19.3. The summed E-state index contributed by atoms with van der Waals surface area (Å²) in [5, 5.41) is 8.62. The van der Waals surface area contributed by atoms with Gasteiger partial charge < -0.3 is 14.5 Å². The third kappa shape index (κ3) is 1.29. The topological polar surface area (TPSA) is 58.0 Å². The number of nitrogens with zero attached hydrogens (tertiary/aromatic N) is 1. The second-order valence-corrected chi connectivity index (χ2v) is 2.56. The summed E-state index contributed by atoms with van der Waals surface area (Å²) < 4.78 is 33.0. The fourth-order valence-corrected chi connectivity index (χ4v) is 1.08. The summed E-state index contributed by atoms with van der Waals surface area (Å²) in [7, 11) is 0. The molecule has 0 aromatic carbocycles. The number of ether oxygens (including phenoxy) is 2. The quantitative estimate of drug-likeness (QED) is 0.748. The first kappa shape index (κ1) is 8.56. The van der Waals surface area contributed by atoms with E-state index in [1.807, 2.05) is 6.07 Å². The Morgan fingerprint density at radius 3 is 2.79 bits per heavy atom. The first-order valence-electron chi connectivity index (χ1n) is 3.64. The number of hydrogen-bond acceptors (Lipinski definition) is 3. The molecule has 0 saturated carbocycles. The van der Waals surface area contributed by atoms with Gasteiger partial charge in [0.2, 0.25) is 0 Å². The Balaban J connectivity index is 2.31. The minimum Gasteiger partial charge on any atom is -0.403 e. The summed E-state index contributed by atoms with van der Waals surface area (Å²) in [6.45, 7) is 0. The highest BCUT2D eigenvalue weighted by molar-refractivity contribution is 5.65. The van der Waals surface area contributed by atoms with Gasteiger partial charge in [-0.2, -0.15) is 5.26 Å². The molecule has 0 bridgehead atoms. The normalized spacial score (nSPS) is 17.9. The van der Waals surface area contributed by atoms with Crippen LogP contribution in [0.25, 0.3) is 5.76 Å². The average Bonchev–Trinajstić information content (AvgIpc) is 2.70. The summed E-state index contributed by atoms with van der Waals surface area (Å²) in [6, 6.07) is 1.83. The first-order chi connectivity index (χ1) is 6.62. The first-order valence-corrected chi connectivity index (χ1v) is 3.64. The lowest BCUT2D eigenvalue weighted by Crippen LogP contribution is -2.15. The molecule has 0 aliphatic carbocycles. The highest BCUT2D eigenvalue weighted by Gasteiger charge is 2.41. The molecule has 0 fully saturated rings. The zero-order chi connectivity index (χ0) is 10.2. The Kier molecular flexibility index (Phi) is 1.67. The lowest BCUT2D eigenvalue weighted by Gasteiger charge is -2.07. The molecule has 0 unspecified atom stereocenters. The smallest absolute Gasteiger partial charge is 0.403 e. The van der Waals surface area contributed by atoms with E-state index in [4.69, 9.17) is 5.26 Å². The summed E-state index contributed by atoms with van der Waals surface area (Å²) >= 11 is 0. The van der Waals surface area contributed by atoms with E-state index in [1.54, 1.807) is 0 Å². The van der Waals surface area contributed by atoms with Crippen LogP contribution in [-0.2, 0) is 9.47 Å². The Labute approximate surface area is 77.4 Å². The van der Waals surface area contributed by atoms with Gasteiger partial charge in [0.1, 0.15) is 12.3 Å². The Hall–Kier alpha value is -2.03. The van der Waals surface area contributed by atoms with Crippen molar-refractivity contribution in [2.75, 3.05) is 0 Å². The van der Waals surface area contributed by atoms with Crippen LogP contribution in [0.4, 0.5) is 8.78 Å². The second-order valence-electron chi connectivity index (χ2n) is 2.56. The largest absolute Gasteiger partial charge is 0.585 e. The van der Waals surface area contributed by atoms with Gasteiger partial charge in [0.25, 0.3) is 0 Å². The van der Waals surface area contributed by atoms with Crippen LogP contribution in [-0.4, -0.2) is 11.3 Å². The van der Waals surface area contributed by atoms with Gasteiger partial charge in [-0.1, -0.05) is 0 Å². The van der Waals surface area contributed by atoms with E-state index in [1.165, 1.54) is 12.4 Å². The minimum absolute atomic E-state index is 0.159. The van der Waals surface area contributed by atoms with Gasteiger partial charge in [0.15, 0.2) is 5.76 Å². The number of aromatic nitrogens is 1. The summed E-state index contributed by atoms with van der Waals surface area (Å²) in [5.74, 6) is -0.159. The predicted molar refractivity (Wildman–Crippen MR) is 40.6 cm³/mol. The molecule has 0 spiro atoms. The van der Waals surface area contributed by atoms with Gasteiger partial charge in [0, 0.05) is 12.4 Å². The number of halogens is 2. The van der Waals surface area contributed by atoms with E-state index in [0.717, 1.165) is 6.26 Å². The SMILES string of the molecule is N#Cc1c[nH]cc1C1=COC(F)(F)O1. The van der Waals surface area contributed by atoms with Crippen LogP contribution in [0.15, 0.2) is 18.7 Å². The highest BCUT2D eigenvalue weighted by Crippen LogP contribution is 2.34. The molecule has 6 heteroatoms. The maximum Gasteiger partial charge on any atom is 0.585 e. The van der Waals surface area contributed by atoms with Crippen molar-refractivity contribution in [2.24, 2.45) is 0 Å². The van der Waals surface area contributed by atoms with Gasteiger partial charge in [-0.15, -0.1) is 8.78 Å². The lowest BCUT2D eigenvalue weighted by molar-refractivity contribution is -0.325. The van der Waals surface area contributed by atoms with Crippen molar-refractivity contribution in [3.63, 3.8) is 0 Å². The van der Waals surface area contributed by atoms with E-state index in [0.29, 0.717) is 0 Å². The molecule has 2 rings (SSSR count). The fraction of sp³-hybridized carbons (Fsp3) is 0.125. The molecule has 1 aromatic rings. The number of aromatic amines is 1. The number of H-pyrrole nitrogens is 1. The van der Waals surface area contributed by atoms with Crippen molar-refractivity contribution >= 4 is 5.76 Å². The number of rotatable bonds is 1. The molecule has 1 aliphatic rings.